The first-order valence-corrected chi connectivity index (χ1v) is 10.2. The van der Waals surface area contributed by atoms with Crippen molar-refractivity contribution in [3.05, 3.63) is 78.5 Å². The molecule has 1 aromatic heterocycles. The molecule has 1 N–H and O–H groups in total. The summed E-state index contributed by atoms with van der Waals surface area (Å²) in [6, 6.07) is 16.3. The van der Waals surface area contributed by atoms with E-state index < -0.39 is 11.6 Å². The van der Waals surface area contributed by atoms with E-state index >= 15 is 0 Å². The Morgan fingerprint density at radius 1 is 0.848 bits per heavy atom. The number of halogens is 2. The lowest BCUT2D eigenvalue weighted by molar-refractivity contribution is 0.297. The van der Waals surface area contributed by atoms with Crippen molar-refractivity contribution in [2.45, 2.75) is 0 Å². The first kappa shape index (κ1) is 22.1. The molecule has 3 aromatic carbocycles. The summed E-state index contributed by atoms with van der Waals surface area (Å²) in [5, 5.41) is 3.92. The number of ether oxygens (including phenoxy) is 4. The van der Waals surface area contributed by atoms with Gasteiger partial charge in [0.15, 0.2) is 28.9 Å². The second-order valence-electron chi connectivity index (χ2n) is 6.99. The molecule has 170 valence electrons. The predicted molar refractivity (Wildman–Crippen MR) is 122 cm³/mol. The zero-order valence-electron chi connectivity index (χ0n) is 18.1. The summed E-state index contributed by atoms with van der Waals surface area (Å²) in [6.07, 6.45) is 1.66. The van der Waals surface area contributed by atoms with Crippen molar-refractivity contribution in [1.82, 2.24) is 4.98 Å². The van der Waals surface area contributed by atoms with E-state index in [4.69, 9.17) is 18.9 Å². The Morgan fingerprint density at radius 2 is 1.55 bits per heavy atom. The van der Waals surface area contributed by atoms with Gasteiger partial charge in [-0.2, -0.15) is 0 Å². The molecule has 8 heteroatoms. The van der Waals surface area contributed by atoms with Gasteiger partial charge in [0, 0.05) is 29.9 Å². The molecule has 1 heterocycles. The minimum Gasteiger partial charge on any atom is -0.493 e. The maximum atomic E-state index is 13.6. The average molecular weight is 452 g/mol. The summed E-state index contributed by atoms with van der Waals surface area (Å²) in [5.74, 6) is 0.607. The van der Waals surface area contributed by atoms with E-state index in [-0.39, 0.29) is 12.4 Å². The number of anilines is 1. The van der Waals surface area contributed by atoms with Gasteiger partial charge in [-0.1, -0.05) is 6.07 Å². The van der Waals surface area contributed by atoms with Crippen molar-refractivity contribution >= 4 is 16.6 Å². The Bertz CT molecular complexity index is 1230. The van der Waals surface area contributed by atoms with Crippen LogP contribution in [-0.4, -0.2) is 32.4 Å². The largest absolute Gasteiger partial charge is 0.493 e. The average Bonchev–Trinajstić information content (AvgIpc) is 2.83. The van der Waals surface area contributed by atoms with Gasteiger partial charge in [-0.05, 0) is 48.5 Å². The van der Waals surface area contributed by atoms with Gasteiger partial charge in [0.25, 0.3) is 0 Å². The lowest BCUT2D eigenvalue weighted by Gasteiger charge is -2.13. The molecule has 0 fully saturated rings. The molecule has 0 aliphatic rings. The number of rotatable bonds is 9. The summed E-state index contributed by atoms with van der Waals surface area (Å²) in [4.78, 5) is 4.37. The van der Waals surface area contributed by atoms with Crippen LogP contribution in [0.1, 0.15) is 0 Å². The second kappa shape index (κ2) is 10.0. The van der Waals surface area contributed by atoms with Crippen LogP contribution in [0, 0.1) is 11.6 Å². The highest BCUT2D eigenvalue weighted by molar-refractivity contribution is 5.88. The second-order valence-corrected chi connectivity index (χ2v) is 6.99. The van der Waals surface area contributed by atoms with Crippen LogP contribution in [-0.2, 0) is 0 Å². The third-order valence-electron chi connectivity index (χ3n) is 4.89. The molecular formula is C25H22F2N2O4. The lowest BCUT2D eigenvalue weighted by atomic mass is 10.2. The number of benzene rings is 3. The molecule has 6 nitrogen and oxygen atoms in total. The number of para-hydroxylation sites is 1. The van der Waals surface area contributed by atoms with E-state index in [2.05, 4.69) is 10.3 Å². The molecule has 0 aliphatic carbocycles. The molecule has 0 bridgehead atoms. The number of pyridine rings is 1. The molecule has 0 atom stereocenters. The van der Waals surface area contributed by atoms with Crippen molar-refractivity contribution in [3.8, 4) is 28.7 Å². The van der Waals surface area contributed by atoms with Crippen LogP contribution in [0.5, 0.6) is 28.7 Å². The minimum absolute atomic E-state index is 0.102. The number of nitrogens with one attached hydrogen (secondary N) is 1. The van der Waals surface area contributed by atoms with Gasteiger partial charge in [-0.15, -0.1) is 0 Å². The zero-order chi connectivity index (χ0) is 23.2. The SMILES string of the molecule is COc1cc2nccc(Oc3ccc(NCCOc4c(F)cccc4F)cc3)c2cc1OC. The fourth-order valence-corrected chi connectivity index (χ4v) is 3.27. The molecule has 33 heavy (non-hydrogen) atoms. The van der Waals surface area contributed by atoms with Crippen LogP contribution in [0.4, 0.5) is 14.5 Å². The normalized spacial score (nSPS) is 10.7. The predicted octanol–water partition coefficient (Wildman–Crippen LogP) is 5.81. The standard InChI is InChI=1S/C25H22F2N2O4/c1-30-23-14-18-21(15-24(23)31-2)29-11-10-22(18)33-17-8-6-16(7-9-17)28-12-13-32-25-19(26)4-3-5-20(25)27/h3-11,14-15,28H,12-13H2,1-2H3. The van der Waals surface area contributed by atoms with Crippen molar-refractivity contribution in [3.63, 3.8) is 0 Å². The van der Waals surface area contributed by atoms with E-state index in [1.54, 1.807) is 32.5 Å². The Balaban J connectivity index is 1.39. The van der Waals surface area contributed by atoms with E-state index in [0.29, 0.717) is 29.5 Å². The summed E-state index contributed by atoms with van der Waals surface area (Å²) in [5.41, 5.74) is 1.53. The Labute approximate surface area is 189 Å². The zero-order valence-corrected chi connectivity index (χ0v) is 18.1. The van der Waals surface area contributed by atoms with Crippen LogP contribution in [0.3, 0.4) is 0 Å². The maximum Gasteiger partial charge on any atom is 0.190 e. The molecular weight excluding hydrogens is 430 g/mol. The maximum absolute atomic E-state index is 13.6. The molecule has 0 saturated heterocycles. The Kier molecular flexibility index (Phi) is 6.73. The van der Waals surface area contributed by atoms with Crippen molar-refractivity contribution in [2.24, 2.45) is 0 Å². The number of methoxy groups -OCH3 is 2. The van der Waals surface area contributed by atoms with Crippen molar-refractivity contribution in [2.75, 3.05) is 32.7 Å². The molecule has 0 saturated carbocycles. The van der Waals surface area contributed by atoms with Crippen LogP contribution in [0.15, 0.2) is 66.9 Å². The van der Waals surface area contributed by atoms with E-state index in [1.807, 2.05) is 30.3 Å². The summed E-state index contributed by atoms with van der Waals surface area (Å²) < 4.78 is 49.2. The van der Waals surface area contributed by atoms with Crippen LogP contribution in [0.2, 0.25) is 0 Å². The molecule has 4 aromatic rings. The van der Waals surface area contributed by atoms with Crippen LogP contribution < -0.4 is 24.3 Å². The fraction of sp³-hybridized carbons (Fsp3) is 0.160. The van der Waals surface area contributed by atoms with Crippen LogP contribution in [0.25, 0.3) is 10.9 Å². The van der Waals surface area contributed by atoms with Crippen molar-refractivity contribution in [1.29, 1.82) is 0 Å². The van der Waals surface area contributed by atoms with Gasteiger partial charge < -0.3 is 24.3 Å². The summed E-state index contributed by atoms with van der Waals surface area (Å²) in [7, 11) is 3.15. The molecule has 0 aliphatic heterocycles. The first-order valence-electron chi connectivity index (χ1n) is 10.2. The van der Waals surface area contributed by atoms with Gasteiger partial charge in [0.2, 0.25) is 0 Å². The quantitative estimate of drug-likeness (QED) is 0.323. The highest BCUT2D eigenvalue weighted by Gasteiger charge is 2.12. The van der Waals surface area contributed by atoms with E-state index in [9.17, 15) is 8.78 Å². The third-order valence-corrected chi connectivity index (χ3v) is 4.89. The number of aromatic nitrogens is 1. The van der Waals surface area contributed by atoms with E-state index in [0.717, 1.165) is 28.7 Å². The number of hydrogen-bond acceptors (Lipinski definition) is 6. The van der Waals surface area contributed by atoms with Gasteiger partial charge in [0.05, 0.1) is 19.7 Å². The fourth-order valence-electron chi connectivity index (χ4n) is 3.27. The molecule has 0 amide bonds. The smallest absolute Gasteiger partial charge is 0.190 e. The third kappa shape index (κ3) is 5.06. The summed E-state index contributed by atoms with van der Waals surface area (Å²) in [6.45, 7) is 0.467. The van der Waals surface area contributed by atoms with Gasteiger partial charge in [0.1, 0.15) is 18.1 Å². The molecule has 0 spiro atoms. The first-order chi connectivity index (χ1) is 16.1. The summed E-state index contributed by atoms with van der Waals surface area (Å²) >= 11 is 0. The Morgan fingerprint density at radius 3 is 2.24 bits per heavy atom. The highest BCUT2D eigenvalue weighted by atomic mass is 19.1. The van der Waals surface area contributed by atoms with Crippen molar-refractivity contribution < 1.29 is 27.7 Å². The van der Waals surface area contributed by atoms with E-state index in [1.165, 1.54) is 6.07 Å². The topological polar surface area (TPSA) is 61.8 Å². The lowest BCUT2D eigenvalue weighted by Crippen LogP contribution is -2.12. The number of hydrogen-bond donors (Lipinski definition) is 1. The molecule has 0 unspecified atom stereocenters. The number of nitrogens with zero attached hydrogens (tertiary/aromatic N) is 1. The Hall–Kier alpha value is -4.07. The number of fused-ring (bicyclic) bond motifs is 1. The van der Waals surface area contributed by atoms with Gasteiger partial charge in [-0.3, -0.25) is 4.98 Å². The van der Waals surface area contributed by atoms with Crippen LogP contribution >= 0.6 is 0 Å². The van der Waals surface area contributed by atoms with Gasteiger partial charge in [-0.25, -0.2) is 8.78 Å². The van der Waals surface area contributed by atoms with Gasteiger partial charge >= 0.3 is 0 Å². The molecule has 4 rings (SSSR count). The minimum atomic E-state index is -0.726. The monoisotopic (exact) mass is 452 g/mol. The molecule has 0 radical (unpaired) electrons. The highest BCUT2D eigenvalue weighted by Crippen LogP contribution is 2.37.